The van der Waals surface area contributed by atoms with Crippen molar-refractivity contribution >= 4 is 56.8 Å². The van der Waals surface area contributed by atoms with Crippen LogP contribution in [0.5, 0.6) is 5.75 Å². The summed E-state index contributed by atoms with van der Waals surface area (Å²) in [6, 6.07) is 23.4. The molecule has 230 valence electrons. The number of amides is 2. The lowest BCUT2D eigenvalue weighted by molar-refractivity contribution is -0.140. The predicted octanol–water partition coefficient (Wildman–Crippen LogP) is 5.72. The van der Waals surface area contributed by atoms with E-state index in [1.165, 1.54) is 18.9 Å². The lowest BCUT2D eigenvalue weighted by Crippen LogP contribution is -2.54. The van der Waals surface area contributed by atoms with E-state index in [4.69, 9.17) is 4.74 Å². The molecule has 0 bridgehead atoms. The number of hydrogen-bond acceptors (Lipinski definition) is 7. The number of aliphatic carboxylic acids is 1. The number of hydrogen-bond donors (Lipinski definition) is 3. The lowest BCUT2D eigenvalue weighted by Gasteiger charge is -2.25. The average molecular weight is 633 g/mol. The molecule has 0 aliphatic rings. The van der Waals surface area contributed by atoms with Gasteiger partial charge in [0.05, 0.1) is 31.7 Å². The van der Waals surface area contributed by atoms with Crippen molar-refractivity contribution in [2.45, 2.75) is 44.5 Å². The highest BCUT2D eigenvalue weighted by atomic mass is 32.2. The van der Waals surface area contributed by atoms with E-state index in [2.05, 4.69) is 28.8 Å². The molecule has 2 atom stereocenters. The highest BCUT2D eigenvalue weighted by molar-refractivity contribution is 7.99. The van der Waals surface area contributed by atoms with Crippen LogP contribution in [0.3, 0.4) is 0 Å². The van der Waals surface area contributed by atoms with Crippen molar-refractivity contribution in [3.63, 3.8) is 0 Å². The largest absolute Gasteiger partial charge is 0.496 e. The monoisotopic (exact) mass is 632 g/mol. The molecule has 0 fully saturated rings. The van der Waals surface area contributed by atoms with Gasteiger partial charge < -0.3 is 20.5 Å². The fourth-order valence-corrected chi connectivity index (χ4v) is 6.74. The van der Waals surface area contributed by atoms with Gasteiger partial charge >= 0.3 is 5.97 Å². The summed E-state index contributed by atoms with van der Waals surface area (Å²) in [5, 5.41) is 15.9. The van der Waals surface area contributed by atoms with Crippen molar-refractivity contribution in [1.82, 2.24) is 10.6 Å². The molecule has 0 unspecified atom stereocenters. The van der Waals surface area contributed by atoms with Crippen LogP contribution in [0.4, 0.5) is 0 Å². The van der Waals surface area contributed by atoms with Crippen LogP contribution in [-0.2, 0) is 31.4 Å². The van der Waals surface area contributed by atoms with Gasteiger partial charge in [-0.05, 0) is 52.8 Å². The molecule has 1 aromatic heterocycles. The van der Waals surface area contributed by atoms with E-state index >= 15 is 0 Å². The van der Waals surface area contributed by atoms with Gasteiger partial charge in [-0.25, -0.2) is 0 Å². The summed E-state index contributed by atoms with van der Waals surface area (Å²) in [6.45, 7) is 3.55. The van der Waals surface area contributed by atoms with Gasteiger partial charge in [0.25, 0.3) is 0 Å². The lowest BCUT2D eigenvalue weighted by atomic mass is 10.0. The molecule has 10 heteroatoms. The fourth-order valence-electron chi connectivity index (χ4n) is 4.75. The minimum absolute atomic E-state index is 0.0357. The number of fused-ring (bicyclic) bond motifs is 1. The van der Waals surface area contributed by atoms with Crippen molar-refractivity contribution in [3.8, 4) is 16.2 Å². The number of carbonyl (C=O) groups is 4. The molecule has 0 radical (unpaired) electrons. The van der Waals surface area contributed by atoms with Gasteiger partial charge in [0.2, 0.25) is 11.8 Å². The van der Waals surface area contributed by atoms with Crippen molar-refractivity contribution in [3.05, 3.63) is 90.0 Å². The van der Waals surface area contributed by atoms with Crippen LogP contribution in [0.2, 0.25) is 0 Å². The molecule has 44 heavy (non-hydrogen) atoms. The van der Waals surface area contributed by atoms with Gasteiger partial charge in [0, 0.05) is 20.9 Å². The molecule has 4 aromatic rings. The zero-order chi connectivity index (χ0) is 31.6. The highest BCUT2D eigenvalue weighted by Crippen LogP contribution is 2.35. The maximum Gasteiger partial charge on any atom is 0.305 e. The second-order valence-electron chi connectivity index (χ2n) is 10.7. The second-order valence-corrected chi connectivity index (χ2v) is 12.8. The van der Waals surface area contributed by atoms with E-state index in [1.807, 2.05) is 60.7 Å². The summed E-state index contributed by atoms with van der Waals surface area (Å²) >= 11 is 3.01. The maximum atomic E-state index is 13.3. The molecular formula is C34H36N2O6S2. The Labute approximate surface area is 265 Å². The Bertz CT molecular complexity index is 1590. The van der Waals surface area contributed by atoms with Crippen molar-refractivity contribution < 1.29 is 29.0 Å². The number of carboxylic acid groups (broad SMARTS) is 1. The molecule has 0 saturated heterocycles. The van der Waals surface area contributed by atoms with Gasteiger partial charge in [0.1, 0.15) is 11.8 Å². The Balaban J connectivity index is 1.42. The zero-order valence-electron chi connectivity index (χ0n) is 24.9. The fraction of sp³-hybridized carbons (Fsp3) is 0.294. The molecule has 8 nitrogen and oxygen atoms in total. The van der Waals surface area contributed by atoms with Crippen molar-refractivity contribution in [1.29, 1.82) is 0 Å². The number of thiophene rings is 1. The number of benzene rings is 3. The number of nitrogens with one attached hydrogen (secondary N) is 2. The quantitative estimate of drug-likeness (QED) is 0.153. The van der Waals surface area contributed by atoms with E-state index in [0.717, 1.165) is 26.1 Å². The van der Waals surface area contributed by atoms with E-state index in [-0.39, 0.29) is 18.1 Å². The third-order valence-corrected chi connectivity index (χ3v) is 9.24. The Morgan fingerprint density at radius 3 is 2.34 bits per heavy atom. The summed E-state index contributed by atoms with van der Waals surface area (Å²) in [5.41, 5.74) is 2.66. The van der Waals surface area contributed by atoms with Crippen LogP contribution >= 0.6 is 23.1 Å². The van der Waals surface area contributed by atoms with E-state index in [0.29, 0.717) is 17.1 Å². The van der Waals surface area contributed by atoms with E-state index in [9.17, 15) is 24.3 Å². The molecule has 1 heterocycles. The Kier molecular flexibility index (Phi) is 11.6. The number of rotatable bonds is 15. The first kappa shape index (κ1) is 32.8. The minimum Gasteiger partial charge on any atom is -0.496 e. The number of thioether (sulfide) groups is 1. The number of methoxy groups -OCH3 is 1. The van der Waals surface area contributed by atoms with Crippen LogP contribution in [-0.4, -0.2) is 53.6 Å². The summed E-state index contributed by atoms with van der Waals surface area (Å²) in [5.74, 6) is -1.74. The third-order valence-electron chi connectivity index (χ3n) is 7.05. The number of carboxylic acids is 1. The van der Waals surface area contributed by atoms with Gasteiger partial charge in [0.15, 0.2) is 5.78 Å². The zero-order valence-corrected chi connectivity index (χ0v) is 26.5. The molecule has 0 spiro atoms. The number of carbonyl (C=O) groups excluding carboxylic acids is 3. The molecule has 3 aromatic carbocycles. The maximum absolute atomic E-state index is 13.3. The topological polar surface area (TPSA) is 122 Å². The standard InChI is InChI=1S/C34H36N2O6S2/c1-21(2)33(34(41)35-26(18-32(39)40)27(37)20-43-19-22-9-5-4-6-10-22)36-31(38)17-25-15-24(13-14-28(25)42-3)30-16-23-11-7-8-12-29(23)44-30/h4-16,21,26,33H,17-20H2,1-3H3,(H,35,41)(H,36,38)(H,39,40)/t26-,33-/m0/s1. The first-order chi connectivity index (χ1) is 21.1. The van der Waals surface area contributed by atoms with Gasteiger partial charge in [-0.15, -0.1) is 23.1 Å². The van der Waals surface area contributed by atoms with Crippen molar-refractivity contribution in [2.75, 3.05) is 12.9 Å². The van der Waals surface area contributed by atoms with Crippen LogP contribution < -0.4 is 15.4 Å². The van der Waals surface area contributed by atoms with Crippen LogP contribution in [0, 0.1) is 5.92 Å². The minimum atomic E-state index is -1.21. The Hall–Kier alpha value is -4.15. The predicted molar refractivity (Wildman–Crippen MR) is 176 cm³/mol. The van der Waals surface area contributed by atoms with Crippen LogP contribution in [0.1, 0.15) is 31.4 Å². The van der Waals surface area contributed by atoms with Crippen LogP contribution in [0.25, 0.3) is 20.5 Å². The summed E-state index contributed by atoms with van der Waals surface area (Å²) in [6.07, 6.45) is -0.580. The van der Waals surface area contributed by atoms with Gasteiger partial charge in [-0.3, -0.25) is 19.2 Å². The Morgan fingerprint density at radius 2 is 1.66 bits per heavy atom. The highest BCUT2D eigenvalue weighted by Gasteiger charge is 2.30. The molecule has 4 rings (SSSR count). The van der Waals surface area contributed by atoms with E-state index < -0.39 is 42.1 Å². The molecule has 3 N–H and O–H groups in total. The molecule has 0 aliphatic heterocycles. The molecule has 2 amide bonds. The normalized spacial score (nSPS) is 12.5. The number of Topliss-reactive ketones (excluding diaryl/α,β-unsaturated/α-hetero) is 1. The van der Waals surface area contributed by atoms with Crippen LogP contribution in [0.15, 0.2) is 78.9 Å². The molecular weight excluding hydrogens is 597 g/mol. The Morgan fingerprint density at radius 1 is 0.932 bits per heavy atom. The van der Waals surface area contributed by atoms with Gasteiger partial charge in [-0.1, -0.05) is 62.4 Å². The molecule has 0 aliphatic carbocycles. The SMILES string of the molecule is COc1ccc(-c2cc3ccccc3s2)cc1CC(=O)N[C@H](C(=O)N[C@@H](CC(=O)O)C(=O)CSCc1ccccc1)C(C)C. The average Bonchev–Trinajstić information content (AvgIpc) is 3.44. The van der Waals surface area contributed by atoms with E-state index in [1.54, 1.807) is 25.2 Å². The third kappa shape index (κ3) is 8.93. The smallest absolute Gasteiger partial charge is 0.305 e. The number of ether oxygens (including phenoxy) is 1. The second kappa shape index (κ2) is 15.5. The van der Waals surface area contributed by atoms with Gasteiger partial charge in [-0.2, -0.15) is 0 Å². The summed E-state index contributed by atoms with van der Waals surface area (Å²) < 4.78 is 6.69. The summed E-state index contributed by atoms with van der Waals surface area (Å²) in [7, 11) is 1.54. The number of ketones is 1. The van der Waals surface area contributed by atoms with Crippen molar-refractivity contribution in [2.24, 2.45) is 5.92 Å². The first-order valence-corrected chi connectivity index (χ1v) is 16.2. The first-order valence-electron chi connectivity index (χ1n) is 14.3. The summed E-state index contributed by atoms with van der Waals surface area (Å²) in [4.78, 5) is 52.1. The molecule has 0 saturated carbocycles.